The molecule has 6 rings (SSSR count). The van der Waals surface area contributed by atoms with E-state index in [1.54, 1.807) is 0 Å². The fourth-order valence-electron chi connectivity index (χ4n) is 5.28. The first-order valence-electron chi connectivity index (χ1n) is 15.0. The first-order chi connectivity index (χ1) is 22.0. The summed E-state index contributed by atoms with van der Waals surface area (Å²) in [5, 5.41) is 1.09. The van der Waals surface area contributed by atoms with Crippen molar-refractivity contribution in [1.82, 2.24) is 0 Å². The molecule has 3 nitrogen and oxygen atoms in total. The molecule has 2 unspecified atom stereocenters. The average Bonchev–Trinajstić information content (AvgIpc) is 3.07. The van der Waals surface area contributed by atoms with Crippen LogP contribution in [0.2, 0.25) is 0 Å². The monoisotopic (exact) mass is 618 g/mol. The first-order valence-corrected chi connectivity index (χ1v) is 17.0. The number of hydrogen-bond acceptors (Lipinski definition) is 3. The fourth-order valence-corrected chi connectivity index (χ4v) is 8.31. The molecule has 220 valence electrons. The molecule has 0 aromatic heterocycles. The van der Waals surface area contributed by atoms with Crippen LogP contribution in [0.1, 0.15) is 25.0 Å². The van der Waals surface area contributed by atoms with Gasteiger partial charge >= 0.3 is 0 Å². The minimum atomic E-state index is -0.676. The molecule has 0 aliphatic rings. The number of hydrogen-bond donors (Lipinski definition) is 0. The van der Waals surface area contributed by atoms with E-state index >= 15 is 0 Å². The first kappa shape index (κ1) is 30.3. The Morgan fingerprint density at radius 3 is 1.09 bits per heavy atom. The van der Waals surface area contributed by atoms with Gasteiger partial charge in [0, 0.05) is 0 Å². The highest BCUT2D eigenvalue weighted by Crippen LogP contribution is 2.38. The molecular weight excluding hydrogens is 585 g/mol. The molecule has 4 radical (unpaired) electrons. The van der Waals surface area contributed by atoms with Crippen LogP contribution in [0.25, 0.3) is 0 Å². The third-order valence-electron chi connectivity index (χ3n) is 7.45. The van der Waals surface area contributed by atoms with E-state index in [2.05, 4.69) is 111 Å². The second-order valence-electron chi connectivity index (χ2n) is 11.0. The summed E-state index contributed by atoms with van der Waals surface area (Å²) in [7, 11) is 0.680. The van der Waals surface area contributed by atoms with E-state index in [4.69, 9.17) is 14.2 Å². The largest absolute Gasteiger partial charge is 0.457 e. The second-order valence-corrected chi connectivity index (χ2v) is 14.6. The van der Waals surface area contributed by atoms with Crippen LogP contribution < -0.4 is 19.8 Å². The van der Waals surface area contributed by atoms with Crippen LogP contribution in [0.15, 0.2) is 170 Å². The standard InChI is InChI=1S/C40H34O3Si2/c1-39(44-37-25-11-5-12-26-37,31-17-15-23-35(29-31)41-33-19-7-3-8-20-33)43-40(2,45-38-27-13-6-14-28-38)32-18-16-24-36(30-32)42-34-21-9-4-10-22-34/h3-30H,1-2H3. The van der Waals surface area contributed by atoms with Crippen molar-refractivity contribution in [2.45, 2.75) is 24.3 Å². The summed E-state index contributed by atoms with van der Waals surface area (Å²) >= 11 is 0. The van der Waals surface area contributed by atoms with Gasteiger partial charge in [-0.25, -0.2) is 0 Å². The van der Waals surface area contributed by atoms with E-state index < -0.39 is 10.4 Å². The van der Waals surface area contributed by atoms with Crippen molar-refractivity contribution < 1.29 is 14.2 Å². The Morgan fingerprint density at radius 1 is 0.378 bits per heavy atom. The topological polar surface area (TPSA) is 27.7 Å². The van der Waals surface area contributed by atoms with Crippen LogP contribution >= 0.6 is 0 Å². The molecule has 2 atom stereocenters. The SMILES string of the molecule is CC(OC(C)([Si]c1ccccc1)c1cccc(Oc2ccccc2)c1)([Si]c1ccccc1)c1cccc(Oc2ccccc2)c1. The molecule has 45 heavy (non-hydrogen) atoms. The summed E-state index contributed by atoms with van der Waals surface area (Å²) in [5.74, 6) is 3.15. The number of ether oxygens (including phenoxy) is 3. The van der Waals surface area contributed by atoms with Crippen LogP contribution in [0.5, 0.6) is 23.0 Å². The molecule has 0 heterocycles. The third-order valence-corrected chi connectivity index (χ3v) is 10.4. The number of benzene rings is 6. The van der Waals surface area contributed by atoms with E-state index in [1.165, 1.54) is 10.4 Å². The van der Waals surface area contributed by atoms with Gasteiger partial charge in [0.25, 0.3) is 0 Å². The third kappa shape index (κ3) is 7.89. The lowest BCUT2D eigenvalue weighted by Gasteiger charge is -2.41. The van der Waals surface area contributed by atoms with E-state index in [9.17, 15) is 0 Å². The predicted octanol–water partition coefficient (Wildman–Crippen LogP) is 8.39. The highest BCUT2D eigenvalue weighted by molar-refractivity contribution is 6.58. The van der Waals surface area contributed by atoms with Gasteiger partial charge in [0.15, 0.2) is 0 Å². The van der Waals surface area contributed by atoms with Crippen molar-refractivity contribution in [3.05, 3.63) is 181 Å². The summed E-state index contributed by atoms with van der Waals surface area (Å²) in [5.41, 5.74) is 2.11. The summed E-state index contributed by atoms with van der Waals surface area (Å²) in [6.07, 6.45) is 0. The zero-order valence-corrected chi connectivity index (χ0v) is 27.4. The van der Waals surface area contributed by atoms with Crippen LogP contribution in [0.3, 0.4) is 0 Å². The van der Waals surface area contributed by atoms with Crippen LogP contribution in [-0.2, 0) is 15.2 Å². The van der Waals surface area contributed by atoms with Crippen molar-refractivity contribution in [1.29, 1.82) is 0 Å². The molecular formula is C40H34O3Si2. The van der Waals surface area contributed by atoms with Crippen LogP contribution in [0, 0.1) is 0 Å². The number of rotatable bonds is 12. The zero-order valence-electron chi connectivity index (χ0n) is 25.4. The normalized spacial score (nSPS) is 13.7. The lowest BCUT2D eigenvalue weighted by Crippen LogP contribution is -2.50. The molecule has 0 spiro atoms. The smallest absolute Gasteiger partial charge is 0.129 e. The Labute approximate surface area is 271 Å². The Bertz CT molecular complexity index is 1670. The fraction of sp³-hybridized carbons (Fsp3) is 0.100. The maximum atomic E-state index is 7.53. The van der Waals surface area contributed by atoms with Crippen molar-refractivity contribution in [2.24, 2.45) is 0 Å². The van der Waals surface area contributed by atoms with Gasteiger partial charge in [-0.1, -0.05) is 132 Å². The van der Waals surface area contributed by atoms with Gasteiger partial charge in [0.05, 0.1) is 10.4 Å². The van der Waals surface area contributed by atoms with Gasteiger partial charge in [-0.2, -0.15) is 0 Å². The van der Waals surface area contributed by atoms with Crippen molar-refractivity contribution >= 4 is 29.4 Å². The highest BCUT2D eigenvalue weighted by Gasteiger charge is 2.40. The van der Waals surface area contributed by atoms with E-state index in [-0.39, 0.29) is 0 Å². The molecule has 0 saturated carbocycles. The van der Waals surface area contributed by atoms with Gasteiger partial charge in [-0.3, -0.25) is 0 Å². The summed E-state index contributed by atoms with van der Waals surface area (Å²) in [4.78, 5) is 0. The van der Waals surface area contributed by atoms with E-state index in [0.717, 1.165) is 34.1 Å². The predicted molar refractivity (Wildman–Crippen MR) is 185 cm³/mol. The maximum Gasteiger partial charge on any atom is 0.129 e. The lowest BCUT2D eigenvalue weighted by molar-refractivity contribution is -0.0585. The molecule has 6 aromatic carbocycles. The van der Waals surface area contributed by atoms with Crippen LogP contribution in [0.4, 0.5) is 0 Å². The van der Waals surface area contributed by atoms with Gasteiger partial charge in [-0.15, -0.1) is 0 Å². The molecule has 0 saturated heterocycles. The molecule has 6 aromatic rings. The zero-order chi connectivity index (χ0) is 31.0. The molecule has 0 aliphatic heterocycles. The Hall–Kier alpha value is -4.69. The Kier molecular flexibility index (Phi) is 9.41. The van der Waals surface area contributed by atoms with Crippen LogP contribution in [-0.4, -0.2) is 19.0 Å². The molecule has 5 heteroatoms. The summed E-state index contributed by atoms with van der Waals surface area (Å²) < 4.78 is 20.1. The molecule has 0 aliphatic carbocycles. The van der Waals surface area contributed by atoms with Gasteiger partial charge in [0.2, 0.25) is 0 Å². The number of para-hydroxylation sites is 2. The second kappa shape index (κ2) is 14.0. The van der Waals surface area contributed by atoms with Crippen molar-refractivity contribution in [3.63, 3.8) is 0 Å². The lowest BCUT2D eigenvalue weighted by atomic mass is 10.1. The van der Waals surface area contributed by atoms with Gasteiger partial charge < -0.3 is 14.2 Å². The average molecular weight is 619 g/mol. The quantitative estimate of drug-likeness (QED) is 0.129. The van der Waals surface area contributed by atoms with Gasteiger partial charge in [0.1, 0.15) is 42.0 Å². The van der Waals surface area contributed by atoms with E-state index in [0.29, 0.717) is 19.0 Å². The minimum Gasteiger partial charge on any atom is -0.457 e. The highest BCUT2D eigenvalue weighted by atomic mass is 28.2. The molecule has 0 bridgehead atoms. The minimum absolute atomic E-state index is 0.340. The maximum absolute atomic E-state index is 7.53. The van der Waals surface area contributed by atoms with E-state index in [1.807, 2.05) is 72.8 Å². The van der Waals surface area contributed by atoms with Crippen molar-refractivity contribution in [3.8, 4) is 23.0 Å². The van der Waals surface area contributed by atoms with Crippen molar-refractivity contribution in [2.75, 3.05) is 0 Å². The summed E-state index contributed by atoms with van der Waals surface area (Å²) in [6, 6.07) is 57.6. The molecule has 0 N–H and O–H groups in total. The van der Waals surface area contributed by atoms with Gasteiger partial charge in [-0.05, 0) is 73.5 Å². The summed E-state index contributed by atoms with van der Waals surface area (Å²) in [6.45, 7) is 4.41. The molecule has 0 fully saturated rings. The Balaban J connectivity index is 1.41. The molecule has 0 amide bonds. The Morgan fingerprint density at radius 2 is 0.711 bits per heavy atom.